The minimum Gasteiger partial charge on any atom is -0.311 e. The molecule has 0 radical (unpaired) electrons. The zero-order valence-corrected chi connectivity index (χ0v) is 16.5. The Morgan fingerprint density at radius 1 is 0.966 bits per heavy atom. The molecule has 1 N–H and O–H groups in total. The van der Waals surface area contributed by atoms with E-state index in [2.05, 4.69) is 80.3 Å². The molecule has 0 aliphatic rings. The summed E-state index contributed by atoms with van der Waals surface area (Å²) in [7, 11) is 1.95. The van der Waals surface area contributed by atoms with Gasteiger partial charge >= 0.3 is 0 Å². The lowest BCUT2D eigenvalue weighted by Gasteiger charge is -2.10. The number of aromatic nitrogens is 7. The molecule has 7 nitrogen and oxygen atoms in total. The van der Waals surface area contributed by atoms with Gasteiger partial charge in [0.05, 0.1) is 16.9 Å². The quantitative estimate of drug-likeness (QED) is 0.497. The van der Waals surface area contributed by atoms with Crippen LogP contribution in [0, 0.1) is 0 Å². The number of fused-ring (bicyclic) bond motifs is 1. The van der Waals surface area contributed by atoms with Crippen molar-refractivity contribution in [2.45, 2.75) is 19.9 Å². The van der Waals surface area contributed by atoms with Crippen LogP contribution in [0.15, 0.2) is 61.1 Å². The van der Waals surface area contributed by atoms with Gasteiger partial charge in [-0.05, 0) is 44.2 Å². The Hall–Kier alpha value is -3.74. The first kappa shape index (κ1) is 17.4. The maximum atomic E-state index is 4.60. The van der Waals surface area contributed by atoms with E-state index in [0.717, 1.165) is 44.8 Å². The molecule has 144 valence electrons. The van der Waals surface area contributed by atoms with Crippen LogP contribution in [0.4, 0.5) is 0 Å². The Kier molecular flexibility index (Phi) is 4.01. The molecule has 0 fully saturated rings. The lowest BCUT2D eigenvalue weighted by Crippen LogP contribution is -2.01. The van der Waals surface area contributed by atoms with Gasteiger partial charge in [0.2, 0.25) is 0 Å². The molecule has 3 heterocycles. The smallest absolute Gasteiger partial charge is 0.164 e. The second-order valence-corrected chi connectivity index (χ2v) is 7.41. The van der Waals surface area contributed by atoms with E-state index in [4.69, 9.17) is 0 Å². The van der Waals surface area contributed by atoms with E-state index in [1.165, 1.54) is 0 Å². The van der Waals surface area contributed by atoms with Crippen LogP contribution in [0.1, 0.15) is 19.9 Å². The molecule has 0 aliphatic heterocycles. The number of nitrogens with zero attached hydrogens (tertiary/aromatic N) is 6. The molecule has 29 heavy (non-hydrogen) atoms. The van der Waals surface area contributed by atoms with Crippen molar-refractivity contribution in [3.05, 3.63) is 61.1 Å². The molecule has 0 saturated carbocycles. The summed E-state index contributed by atoms with van der Waals surface area (Å²) < 4.78 is 3.95. The highest BCUT2D eigenvalue weighted by molar-refractivity contribution is 5.95. The molecule has 5 aromatic rings. The van der Waals surface area contributed by atoms with Gasteiger partial charge in [0.1, 0.15) is 6.33 Å². The fourth-order valence-electron chi connectivity index (χ4n) is 3.68. The molecule has 0 bridgehead atoms. The molecule has 2 aromatic carbocycles. The molecule has 0 spiro atoms. The Morgan fingerprint density at radius 2 is 1.83 bits per heavy atom. The largest absolute Gasteiger partial charge is 0.311 e. The van der Waals surface area contributed by atoms with Crippen LogP contribution in [0.25, 0.3) is 44.8 Å². The highest BCUT2D eigenvalue weighted by Gasteiger charge is 2.14. The second kappa shape index (κ2) is 6.70. The maximum absolute atomic E-state index is 4.60. The molecule has 3 aromatic heterocycles. The molecule has 5 rings (SSSR count). The van der Waals surface area contributed by atoms with E-state index in [-0.39, 0.29) is 6.04 Å². The van der Waals surface area contributed by atoms with Gasteiger partial charge in [-0.15, -0.1) is 10.2 Å². The number of aromatic amines is 1. The fraction of sp³-hybridized carbons (Fsp3) is 0.182. The van der Waals surface area contributed by atoms with Crippen molar-refractivity contribution in [2.75, 3.05) is 0 Å². The van der Waals surface area contributed by atoms with Crippen molar-refractivity contribution < 1.29 is 0 Å². The Morgan fingerprint density at radius 3 is 2.62 bits per heavy atom. The van der Waals surface area contributed by atoms with Crippen molar-refractivity contribution >= 4 is 10.9 Å². The predicted molar refractivity (Wildman–Crippen MR) is 113 cm³/mol. The molecule has 0 atom stereocenters. The van der Waals surface area contributed by atoms with E-state index < -0.39 is 0 Å². The normalized spacial score (nSPS) is 11.6. The summed E-state index contributed by atoms with van der Waals surface area (Å²) in [5.41, 5.74) is 6.16. The van der Waals surface area contributed by atoms with Gasteiger partial charge in [-0.2, -0.15) is 10.2 Å². The van der Waals surface area contributed by atoms with Crippen LogP contribution in [0.5, 0.6) is 0 Å². The van der Waals surface area contributed by atoms with Gasteiger partial charge in [-0.1, -0.05) is 18.2 Å². The van der Waals surface area contributed by atoms with Gasteiger partial charge in [0.25, 0.3) is 0 Å². The Labute approximate surface area is 168 Å². The lowest BCUT2D eigenvalue weighted by molar-refractivity contribution is 0.604. The van der Waals surface area contributed by atoms with Crippen molar-refractivity contribution in [3.63, 3.8) is 0 Å². The minimum absolute atomic E-state index is 0.287. The number of hydrogen-bond donors (Lipinski definition) is 1. The van der Waals surface area contributed by atoms with Gasteiger partial charge < -0.3 is 4.57 Å². The van der Waals surface area contributed by atoms with Gasteiger partial charge in [0.15, 0.2) is 5.82 Å². The standard InChI is InChI=1S/C22H21N7/c1-14(2)29-13-23-27-22(29)17-7-8-19-18(12-17)21(26-25-19)16-6-4-5-15(11-16)20-9-10-24-28(20)3/h4-14H,1-3H3,(H,25,26). The van der Waals surface area contributed by atoms with Gasteiger partial charge in [-0.25, -0.2) is 0 Å². The van der Waals surface area contributed by atoms with Crippen molar-refractivity contribution in [1.82, 2.24) is 34.7 Å². The topological polar surface area (TPSA) is 77.2 Å². The maximum Gasteiger partial charge on any atom is 0.164 e. The number of hydrogen-bond acceptors (Lipinski definition) is 4. The number of rotatable bonds is 4. The van der Waals surface area contributed by atoms with Crippen molar-refractivity contribution in [3.8, 4) is 33.9 Å². The summed E-state index contributed by atoms with van der Waals surface area (Å²) >= 11 is 0. The first-order valence-electron chi connectivity index (χ1n) is 9.58. The molecule has 0 unspecified atom stereocenters. The molecule has 0 amide bonds. The third-order valence-corrected chi connectivity index (χ3v) is 5.20. The van der Waals surface area contributed by atoms with Crippen LogP contribution in [-0.2, 0) is 7.05 Å². The van der Waals surface area contributed by atoms with E-state index in [9.17, 15) is 0 Å². The highest BCUT2D eigenvalue weighted by atomic mass is 15.3. The fourth-order valence-corrected chi connectivity index (χ4v) is 3.68. The molecular weight excluding hydrogens is 362 g/mol. The van der Waals surface area contributed by atoms with Crippen molar-refractivity contribution in [2.24, 2.45) is 7.05 Å². The average Bonchev–Trinajstić information content (AvgIpc) is 3.46. The number of benzene rings is 2. The molecular formula is C22H21N7. The summed E-state index contributed by atoms with van der Waals surface area (Å²) in [6.07, 6.45) is 3.58. The summed E-state index contributed by atoms with van der Waals surface area (Å²) in [5, 5.41) is 21.5. The van der Waals surface area contributed by atoms with Gasteiger partial charge in [-0.3, -0.25) is 9.78 Å². The zero-order valence-electron chi connectivity index (χ0n) is 16.5. The van der Waals surface area contributed by atoms with Crippen LogP contribution in [-0.4, -0.2) is 34.7 Å². The van der Waals surface area contributed by atoms with Gasteiger partial charge in [0, 0.05) is 41.4 Å². The SMILES string of the molecule is CC(C)n1cnnc1-c1ccc2[nH]nc(-c3cccc(-c4ccnn4C)c3)c2c1. The molecule has 7 heteroatoms. The van der Waals surface area contributed by atoms with E-state index in [0.29, 0.717) is 0 Å². The average molecular weight is 383 g/mol. The van der Waals surface area contributed by atoms with E-state index in [1.807, 2.05) is 30.1 Å². The third-order valence-electron chi connectivity index (χ3n) is 5.20. The molecule has 0 saturated heterocycles. The summed E-state index contributed by atoms with van der Waals surface area (Å²) in [6, 6.07) is 16.9. The van der Waals surface area contributed by atoms with Crippen LogP contribution >= 0.6 is 0 Å². The highest BCUT2D eigenvalue weighted by Crippen LogP contribution is 2.32. The second-order valence-electron chi connectivity index (χ2n) is 7.41. The minimum atomic E-state index is 0.287. The van der Waals surface area contributed by atoms with E-state index >= 15 is 0 Å². The summed E-state index contributed by atoms with van der Waals surface area (Å²) in [6.45, 7) is 4.25. The predicted octanol–water partition coefficient (Wildman–Crippen LogP) is 4.47. The Balaban J connectivity index is 1.63. The zero-order chi connectivity index (χ0) is 20.0. The molecule has 0 aliphatic carbocycles. The Bertz CT molecular complexity index is 1310. The van der Waals surface area contributed by atoms with Crippen LogP contribution in [0.2, 0.25) is 0 Å². The number of H-pyrrole nitrogens is 1. The first-order chi connectivity index (χ1) is 14.1. The van der Waals surface area contributed by atoms with Crippen molar-refractivity contribution in [1.29, 1.82) is 0 Å². The van der Waals surface area contributed by atoms with E-state index in [1.54, 1.807) is 6.33 Å². The number of aryl methyl sites for hydroxylation is 1. The third kappa shape index (κ3) is 2.91. The number of nitrogens with one attached hydrogen (secondary N) is 1. The van der Waals surface area contributed by atoms with Crippen LogP contribution < -0.4 is 0 Å². The lowest BCUT2D eigenvalue weighted by atomic mass is 10.0. The first-order valence-corrected chi connectivity index (χ1v) is 9.58. The summed E-state index contributed by atoms with van der Waals surface area (Å²) in [4.78, 5) is 0. The van der Waals surface area contributed by atoms with Crippen LogP contribution in [0.3, 0.4) is 0 Å². The summed E-state index contributed by atoms with van der Waals surface area (Å²) in [5.74, 6) is 0.859. The monoisotopic (exact) mass is 383 g/mol.